The number of imidazole rings is 1. The van der Waals surface area contributed by atoms with Gasteiger partial charge in [0.25, 0.3) is 0 Å². The van der Waals surface area contributed by atoms with Crippen LogP contribution in [0.25, 0.3) is 11.0 Å². The van der Waals surface area contributed by atoms with Crippen LogP contribution in [-0.4, -0.2) is 40.0 Å². The number of aromatic nitrogens is 2. The van der Waals surface area contributed by atoms with Crippen molar-refractivity contribution in [2.75, 3.05) is 18.4 Å². The Bertz CT molecular complexity index is 1050. The molecule has 1 fully saturated rings. The highest BCUT2D eigenvalue weighted by atomic mass is 16.2. The number of likely N-dealkylation sites (tertiary alicyclic amines) is 1. The molecule has 2 amide bonds. The number of hydrogen-bond donors (Lipinski definition) is 3. The zero-order chi connectivity index (χ0) is 21.8. The van der Waals surface area contributed by atoms with E-state index in [0.717, 1.165) is 42.8 Å². The number of aromatic amines is 1. The van der Waals surface area contributed by atoms with Crippen LogP contribution in [-0.2, 0) is 0 Å². The third-order valence-electron chi connectivity index (χ3n) is 5.64. The lowest BCUT2D eigenvalue weighted by molar-refractivity contribution is 0.108. The van der Waals surface area contributed by atoms with Crippen LogP contribution in [0, 0.1) is 17.2 Å². The lowest BCUT2D eigenvalue weighted by Gasteiger charge is -2.39. The van der Waals surface area contributed by atoms with Crippen LogP contribution in [0.5, 0.6) is 0 Å². The molecule has 7 heteroatoms. The van der Waals surface area contributed by atoms with Crippen LogP contribution in [0.2, 0.25) is 0 Å². The molecule has 1 aromatic heterocycles. The molecule has 2 aromatic carbocycles. The van der Waals surface area contributed by atoms with E-state index in [-0.39, 0.29) is 18.1 Å². The van der Waals surface area contributed by atoms with Crippen molar-refractivity contribution in [2.45, 2.75) is 38.8 Å². The summed E-state index contributed by atoms with van der Waals surface area (Å²) >= 11 is 0. The molecule has 3 aromatic rings. The van der Waals surface area contributed by atoms with Crippen molar-refractivity contribution in [1.29, 1.82) is 5.26 Å². The second-order valence-electron chi connectivity index (χ2n) is 8.55. The first-order valence-electron chi connectivity index (χ1n) is 10.8. The summed E-state index contributed by atoms with van der Waals surface area (Å²) in [5.41, 5.74) is 3.24. The van der Waals surface area contributed by atoms with Crippen molar-refractivity contribution in [2.24, 2.45) is 5.92 Å². The first-order chi connectivity index (χ1) is 15.0. The SMILES string of the molecule is CC(C)CN1CCC(NC(=O)Nc2ccc(C#N)cc2)CC1c1nc2ccccc2[nH]1. The third kappa shape index (κ3) is 5.04. The van der Waals surface area contributed by atoms with Gasteiger partial charge < -0.3 is 15.6 Å². The number of nitrogens with one attached hydrogen (secondary N) is 3. The zero-order valence-corrected chi connectivity index (χ0v) is 17.9. The average molecular weight is 417 g/mol. The van der Waals surface area contributed by atoms with E-state index in [0.29, 0.717) is 17.2 Å². The van der Waals surface area contributed by atoms with Crippen LogP contribution in [0.3, 0.4) is 0 Å². The van der Waals surface area contributed by atoms with E-state index in [1.807, 2.05) is 24.3 Å². The maximum absolute atomic E-state index is 12.6. The normalized spacial score (nSPS) is 19.3. The summed E-state index contributed by atoms with van der Waals surface area (Å²) in [4.78, 5) is 23.4. The van der Waals surface area contributed by atoms with Crippen molar-refractivity contribution in [1.82, 2.24) is 20.2 Å². The van der Waals surface area contributed by atoms with Gasteiger partial charge in [-0.3, -0.25) is 4.90 Å². The van der Waals surface area contributed by atoms with Gasteiger partial charge in [-0.05, 0) is 55.2 Å². The number of rotatable bonds is 5. The summed E-state index contributed by atoms with van der Waals surface area (Å²) in [6, 6.07) is 17.0. The monoisotopic (exact) mass is 416 g/mol. The summed E-state index contributed by atoms with van der Waals surface area (Å²) in [5, 5.41) is 14.9. The Balaban J connectivity index is 1.45. The number of fused-ring (bicyclic) bond motifs is 1. The molecule has 2 atom stereocenters. The fourth-order valence-electron chi connectivity index (χ4n) is 4.23. The Labute approximate surface area is 182 Å². The number of amides is 2. The first kappa shape index (κ1) is 20.9. The minimum atomic E-state index is -0.227. The number of nitriles is 1. The van der Waals surface area contributed by atoms with Gasteiger partial charge in [-0.1, -0.05) is 26.0 Å². The lowest BCUT2D eigenvalue weighted by atomic mass is 9.95. The van der Waals surface area contributed by atoms with Gasteiger partial charge in [-0.15, -0.1) is 0 Å². The van der Waals surface area contributed by atoms with Crippen LogP contribution < -0.4 is 10.6 Å². The zero-order valence-electron chi connectivity index (χ0n) is 17.9. The maximum Gasteiger partial charge on any atom is 0.319 e. The molecule has 1 saturated heterocycles. The second-order valence-corrected chi connectivity index (χ2v) is 8.55. The average Bonchev–Trinajstić information content (AvgIpc) is 3.19. The Morgan fingerprint density at radius 2 is 2.03 bits per heavy atom. The molecule has 2 unspecified atom stereocenters. The number of hydrogen-bond acceptors (Lipinski definition) is 4. The van der Waals surface area contributed by atoms with Crippen LogP contribution in [0.15, 0.2) is 48.5 Å². The predicted octanol–water partition coefficient (Wildman–Crippen LogP) is 4.42. The first-order valence-corrected chi connectivity index (χ1v) is 10.8. The molecule has 7 nitrogen and oxygen atoms in total. The molecule has 0 radical (unpaired) electrons. The van der Waals surface area contributed by atoms with E-state index in [9.17, 15) is 4.79 Å². The number of carbonyl (C=O) groups excluding carboxylic acids is 1. The largest absolute Gasteiger partial charge is 0.341 e. The number of benzene rings is 2. The molecule has 1 aliphatic rings. The van der Waals surface area contributed by atoms with Crippen LogP contribution in [0.4, 0.5) is 10.5 Å². The molecular weight excluding hydrogens is 388 g/mol. The molecule has 0 spiro atoms. The minimum absolute atomic E-state index is 0.0556. The van der Waals surface area contributed by atoms with E-state index >= 15 is 0 Å². The molecular formula is C24H28N6O. The highest BCUT2D eigenvalue weighted by molar-refractivity contribution is 5.89. The van der Waals surface area contributed by atoms with Crippen LogP contribution >= 0.6 is 0 Å². The highest BCUT2D eigenvalue weighted by Crippen LogP contribution is 2.31. The summed E-state index contributed by atoms with van der Waals surface area (Å²) in [6.07, 6.45) is 1.69. The Kier molecular flexibility index (Phi) is 6.19. The Morgan fingerprint density at radius 3 is 2.74 bits per heavy atom. The summed E-state index contributed by atoms with van der Waals surface area (Å²) in [6.45, 7) is 6.35. The molecule has 0 aliphatic carbocycles. The second kappa shape index (κ2) is 9.19. The number of anilines is 1. The van der Waals surface area contributed by atoms with Crippen molar-refractivity contribution in [3.8, 4) is 6.07 Å². The Hall–Kier alpha value is -3.37. The highest BCUT2D eigenvalue weighted by Gasteiger charge is 2.32. The summed E-state index contributed by atoms with van der Waals surface area (Å²) < 4.78 is 0. The topological polar surface area (TPSA) is 96.8 Å². The Morgan fingerprint density at radius 1 is 1.26 bits per heavy atom. The van der Waals surface area contributed by atoms with Gasteiger partial charge in [0, 0.05) is 24.8 Å². The number of para-hydroxylation sites is 2. The molecule has 160 valence electrons. The van der Waals surface area contributed by atoms with E-state index in [1.54, 1.807) is 24.3 Å². The predicted molar refractivity (Wildman–Crippen MR) is 122 cm³/mol. The maximum atomic E-state index is 12.6. The number of carbonyl (C=O) groups is 1. The summed E-state index contributed by atoms with van der Waals surface area (Å²) in [7, 11) is 0. The quantitative estimate of drug-likeness (QED) is 0.574. The van der Waals surface area contributed by atoms with Gasteiger partial charge in [0.1, 0.15) is 5.82 Å². The number of nitrogens with zero attached hydrogens (tertiary/aromatic N) is 3. The molecule has 3 N–H and O–H groups in total. The van der Waals surface area contributed by atoms with Gasteiger partial charge in [0.2, 0.25) is 0 Å². The molecule has 2 heterocycles. The van der Waals surface area contributed by atoms with Gasteiger partial charge >= 0.3 is 6.03 Å². The lowest BCUT2D eigenvalue weighted by Crippen LogP contribution is -2.48. The minimum Gasteiger partial charge on any atom is -0.341 e. The standard InChI is InChI=1S/C24H28N6O/c1-16(2)15-30-12-11-19(27-24(31)26-18-9-7-17(14-25)8-10-18)13-22(30)23-28-20-5-3-4-6-21(20)29-23/h3-10,16,19,22H,11-13,15H2,1-2H3,(H,28,29)(H2,26,27,31). The van der Waals surface area contributed by atoms with Crippen LogP contribution in [0.1, 0.15) is 44.1 Å². The van der Waals surface area contributed by atoms with E-state index in [1.165, 1.54) is 0 Å². The smallest absolute Gasteiger partial charge is 0.319 e. The number of piperidine rings is 1. The molecule has 0 bridgehead atoms. The molecule has 4 rings (SSSR count). The van der Waals surface area contributed by atoms with Crippen molar-refractivity contribution < 1.29 is 4.79 Å². The molecule has 1 aliphatic heterocycles. The fourth-order valence-corrected chi connectivity index (χ4v) is 4.23. The molecule has 0 saturated carbocycles. The third-order valence-corrected chi connectivity index (χ3v) is 5.64. The van der Waals surface area contributed by atoms with Crippen molar-refractivity contribution >= 4 is 22.8 Å². The van der Waals surface area contributed by atoms with Gasteiger partial charge in [-0.2, -0.15) is 5.26 Å². The van der Waals surface area contributed by atoms with E-state index < -0.39 is 0 Å². The van der Waals surface area contributed by atoms with Crippen molar-refractivity contribution in [3.05, 3.63) is 59.9 Å². The van der Waals surface area contributed by atoms with E-state index in [2.05, 4.69) is 40.4 Å². The van der Waals surface area contributed by atoms with Gasteiger partial charge in [-0.25, -0.2) is 9.78 Å². The number of H-pyrrole nitrogens is 1. The van der Waals surface area contributed by atoms with E-state index in [4.69, 9.17) is 10.2 Å². The number of urea groups is 1. The van der Waals surface area contributed by atoms with Gasteiger partial charge in [0.15, 0.2) is 0 Å². The summed E-state index contributed by atoms with van der Waals surface area (Å²) in [5.74, 6) is 1.51. The van der Waals surface area contributed by atoms with Gasteiger partial charge in [0.05, 0.1) is 28.7 Å². The fraction of sp³-hybridized carbons (Fsp3) is 0.375. The van der Waals surface area contributed by atoms with Crippen molar-refractivity contribution in [3.63, 3.8) is 0 Å². The molecule has 31 heavy (non-hydrogen) atoms.